The van der Waals surface area contributed by atoms with E-state index in [4.69, 9.17) is 16.1 Å². The van der Waals surface area contributed by atoms with Gasteiger partial charge in [0, 0.05) is 22.3 Å². The Morgan fingerprint density at radius 3 is 2.69 bits per heavy atom. The molecule has 130 valence electrons. The number of nitrogens with zero attached hydrogens (tertiary/aromatic N) is 3. The Hall–Kier alpha value is -2.70. The first kappa shape index (κ1) is 16.8. The number of anilines is 1. The summed E-state index contributed by atoms with van der Waals surface area (Å²) in [4.78, 5) is 9.66. The van der Waals surface area contributed by atoms with Crippen molar-refractivity contribution in [3.05, 3.63) is 69.6 Å². The van der Waals surface area contributed by atoms with Crippen LogP contribution in [0.5, 0.6) is 0 Å². The molecule has 5 nitrogen and oxygen atoms in total. The van der Waals surface area contributed by atoms with Crippen LogP contribution in [0.3, 0.4) is 0 Å². The topological polar surface area (TPSA) is 63.8 Å². The largest absolute Gasteiger partial charge is 0.379 e. The molecule has 0 aliphatic heterocycles. The Morgan fingerprint density at radius 1 is 1.12 bits per heavy atom. The number of hydrogen-bond acceptors (Lipinski definition) is 6. The van der Waals surface area contributed by atoms with Gasteiger partial charge in [0.15, 0.2) is 4.47 Å². The van der Waals surface area contributed by atoms with E-state index < -0.39 is 0 Å². The molecule has 1 N–H and O–H groups in total. The van der Waals surface area contributed by atoms with E-state index in [9.17, 15) is 0 Å². The van der Waals surface area contributed by atoms with Crippen molar-refractivity contribution < 1.29 is 4.52 Å². The Kier molecular flexibility index (Phi) is 4.69. The van der Waals surface area contributed by atoms with Crippen molar-refractivity contribution in [2.75, 3.05) is 5.32 Å². The number of halogens is 1. The Morgan fingerprint density at radius 2 is 1.92 bits per heavy atom. The summed E-state index contributed by atoms with van der Waals surface area (Å²) < 4.78 is 6.04. The molecule has 0 amide bonds. The van der Waals surface area contributed by atoms with Crippen molar-refractivity contribution in [1.29, 1.82) is 0 Å². The zero-order valence-electron chi connectivity index (χ0n) is 13.9. The molecule has 0 saturated heterocycles. The van der Waals surface area contributed by atoms with Gasteiger partial charge in [0.2, 0.25) is 5.82 Å². The lowest BCUT2D eigenvalue weighted by Gasteiger charge is -2.08. The van der Waals surface area contributed by atoms with Crippen molar-refractivity contribution in [2.45, 2.75) is 13.5 Å². The first-order chi connectivity index (χ1) is 12.7. The van der Waals surface area contributed by atoms with Crippen LogP contribution in [-0.4, -0.2) is 15.1 Å². The van der Waals surface area contributed by atoms with Crippen LogP contribution < -0.4 is 5.32 Å². The molecule has 4 aromatic rings. The average Bonchev–Trinajstić information content (AvgIpc) is 3.30. The molecule has 4 rings (SSSR count). The van der Waals surface area contributed by atoms with Gasteiger partial charge in [-0.1, -0.05) is 58.7 Å². The van der Waals surface area contributed by atoms with Gasteiger partial charge < -0.3 is 9.84 Å². The van der Waals surface area contributed by atoms with Crippen LogP contribution in [0.25, 0.3) is 22.8 Å². The van der Waals surface area contributed by atoms with Gasteiger partial charge in [-0.2, -0.15) is 4.98 Å². The molecule has 0 bridgehead atoms. The molecule has 0 spiro atoms. The van der Waals surface area contributed by atoms with Crippen LogP contribution >= 0.6 is 22.9 Å². The fraction of sp³-hybridized carbons (Fsp3) is 0.105. The van der Waals surface area contributed by atoms with Crippen molar-refractivity contribution >= 4 is 28.6 Å². The van der Waals surface area contributed by atoms with Gasteiger partial charge in [-0.3, -0.25) is 0 Å². The van der Waals surface area contributed by atoms with Crippen LogP contribution in [-0.2, 0) is 6.54 Å². The highest BCUT2D eigenvalue weighted by Crippen LogP contribution is 2.29. The molecule has 2 heterocycles. The third kappa shape index (κ3) is 3.61. The van der Waals surface area contributed by atoms with Gasteiger partial charge in [0.25, 0.3) is 5.89 Å². The normalized spacial score (nSPS) is 10.8. The van der Waals surface area contributed by atoms with Gasteiger partial charge in [0.1, 0.15) is 0 Å². The molecule has 26 heavy (non-hydrogen) atoms. The first-order valence-electron chi connectivity index (χ1n) is 8.03. The smallest absolute Gasteiger partial charge is 0.260 e. The van der Waals surface area contributed by atoms with E-state index in [1.165, 1.54) is 16.9 Å². The number of benzene rings is 2. The highest BCUT2D eigenvalue weighted by molar-refractivity contribution is 7.15. The molecule has 7 heteroatoms. The minimum absolute atomic E-state index is 0.478. The van der Waals surface area contributed by atoms with Gasteiger partial charge in [0.05, 0.1) is 12.1 Å². The molecule has 2 aromatic heterocycles. The SMILES string of the molecule is Cc1ccc(-c2noc(-c3ccccc3NCc3cnc(Cl)s3)n2)cc1. The molecular weight excluding hydrogens is 368 g/mol. The van der Waals surface area contributed by atoms with Crippen molar-refractivity contribution in [2.24, 2.45) is 0 Å². The molecule has 0 unspecified atom stereocenters. The summed E-state index contributed by atoms with van der Waals surface area (Å²) in [5.74, 6) is 1.05. The lowest BCUT2D eigenvalue weighted by molar-refractivity contribution is 0.432. The number of thiazole rings is 1. The van der Waals surface area contributed by atoms with Gasteiger partial charge in [-0.05, 0) is 19.1 Å². The van der Waals surface area contributed by atoms with E-state index in [1.54, 1.807) is 6.20 Å². The van der Waals surface area contributed by atoms with E-state index in [-0.39, 0.29) is 0 Å². The first-order valence-corrected chi connectivity index (χ1v) is 9.23. The number of aromatic nitrogens is 3. The number of hydrogen-bond donors (Lipinski definition) is 1. The van der Waals surface area contributed by atoms with Crippen LogP contribution in [0.4, 0.5) is 5.69 Å². The summed E-state index contributed by atoms with van der Waals surface area (Å²) in [5, 5.41) is 7.50. The molecule has 0 atom stereocenters. The minimum Gasteiger partial charge on any atom is -0.379 e. The van der Waals surface area contributed by atoms with Crippen LogP contribution in [0.15, 0.2) is 59.3 Å². The second kappa shape index (κ2) is 7.27. The number of nitrogens with one attached hydrogen (secondary N) is 1. The summed E-state index contributed by atoms with van der Waals surface area (Å²) in [6.07, 6.45) is 1.77. The van der Waals surface area contributed by atoms with Crippen LogP contribution in [0, 0.1) is 6.92 Å². The van der Waals surface area contributed by atoms with Gasteiger partial charge in [-0.15, -0.1) is 11.3 Å². The van der Waals surface area contributed by atoms with Gasteiger partial charge >= 0.3 is 0 Å². The van der Waals surface area contributed by atoms with E-state index in [1.807, 2.05) is 55.5 Å². The average molecular weight is 383 g/mol. The number of aryl methyl sites for hydroxylation is 1. The molecule has 0 fully saturated rings. The highest BCUT2D eigenvalue weighted by atomic mass is 35.5. The third-order valence-electron chi connectivity index (χ3n) is 3.87. The van der Waals surface area contributed by atoms with Gasteiger partial charge in [-0.25, -0.2) is 4.98 Å². The second-order valence-electron chi connectivity index (χ2n) is 5.77. The van der Waals surface area contributed by atoms with Crippen LogP contribution in [0.2, 0.25) is 4.47 Å². The van der Waals surface area contributed by atoms with Crippen molar-refractivity contribution in [3.63, 3.8) is 0 Å². The third-order valence-corrected chi connectivity index (χ3v) is 4.99. The maximum Gasteiger partial charge on any atom is 0.260 e. The molecular formula is C19H15ClN4OS. The quantitative estimate of drug-likeness (QED) is 0.498. The van der Waals surface area contributed by atoms with Crippen molar-refractivity contribution in [3.8, 4) is 22.8 Å². The van der Waals surface area contributed by atoms with Crippen LogP contribution in [0.1, 0.15) is 10.4 Å². The summed E-state index contributed by atoms with van der Waals surface area (Å²) in [5.41, 5.74) is 3.88. The summed E-state index contributed by atoms with van der Waals surface area (Å²) in [6, 6.07) is 15.9. The van der Waals surface area contributed by atoms with Crippen molar-refractivity contribution in [1.82, 2.24) is 15.1 Å². The summed E-state index contributed by atoms with van der Waals surface area (Å²) in [7, 11) is 0. The Balaban J connectivity index is 1.59. The minimum atomic E-state index is 0.478. The van der Waals surface area contributed by atoms with E-state index >= 15 is 0 Å². The maximum atomic E-state index is 5.89. The second-order valence-corrected chi connectivity index (χ2v) is 7.47. The fourth-order valence-electron chi connectivity index (χ4n) is 2.52. The van der Waals surface area contributed by atoms with E-state index in [2.05, 4.69) is 20.4 Å². The maximum absolute atomic E-state index is 5.89. The fourth-order valence-corrected chi connectivity index (χ4v) is 3.44. The summed E-state index contributed by atoms with van der Waals surface area (Å²) >= 11 is 7.34. The monoisotopic (exact) mass is 382 g/mol. The predicted molar refractivity (Wildman–Crippen MR) is 104 cm³/mol. The predicted octanol–water partition coefficient (Wildman–Crippen LogP) is 5.43. The zero-order chi connectivity index (χ0) is 17.9. The van der Waals surface area contributed by atoms with E-state index in [0.717, 1.165) is 21.7 Å². The highest BCUT2D eigenvalue weighted by Gasteiger charge is 2.14. The summed E-state index contributed by atoms with van der Waals surface area (Å²) in [6.45, 7) is 2.67. The molecule has 2 aromatic carbocycles. The molecule has 0 aliphatic carbocycles. The number of rotatable bonds is 5. The number of para-hydroxylation sites is 1. The lowest BCUT2D eigenvalue weighted by atomic mass is 10.1. The molecule has 0 saturated carbocycles. The Labute approximate surface area is 159 Å². The molecule has 0 radical (unpaired) electrons. The Bertz CT molecular complexity index is 1030. The lowest BCUT2D eigenvalue weighted by Crippen LogP contribution is -1.99. The standard InChI is InChI=1S/C19H15ClN4OS/c1-12-6-8-13(9-7-12)17-23-18(25-24-17)15-4-2-3-5-16(15)21-10-14-11-22-19(20)26-14/h2-9,11,21H,10H2,1H3. The van der Waals surface area contributed by atoms with E-state index in [0.29, 0.717) is 22.7 Å². The zero-order valence-corrected chi connectivity index (χ0v) is 15.5. The molecule has 0 aliphatic rings.